The van der Waals surface area contributed by atoms with Crippen LogP contribution >= 0.6 is 0 Å². The van der Waals surface area contributed by atoms with E-state index in [1.165, 1.54) is 6.07 Å². The Morgan fingerprint density at radius 1 is 1.44 bits per heavy atom. The number of halogens is 1. The van der Waals surface area contributed by atoms with Crippen LogP contribution in [-0.2, 0) is 0 Å². The van der Waals surface area contributed by atoms with Crippen LogP contribution < -0.4 is 10.6 Å². The lowest BCUT2D eigenvalue weighted by Crippen LogP contribution is -2.36. The zero-order valence-corrected chi connectivity index (χ0v) is 10.6. The standard InChI is InChI=1S/C14H19FN2O/c1-10-2-3-12(8-13(10)15)14(18)17-9-11-4-6-16-7-5-11/h2-3,8,11,16H,4-7,9H2,1H3,(H,17,18). The van der Waals surface area contributed by atoms with Gasteiger partial charge in [-0.15, -0.1) is 0 Å². The zero-order valence-electron chi connectivity index (χ0n) is 10.6. The molecule has 2 N–H and O–H groups in total. The van der Waals surface area contributed by atoms with Crippen molar-refractivity contribution in [1.82, 2.24) is 10.6 Å². The fourth-order valence-electron chi connectivity index (χ4n) is 2.16. The van der Waals surface area contributed by atoms with Gasteiger partial charge in [0.15, 0.2) is 0 Å². The molecule has 18 heavy (non-hydrogen) atoms. The highest BCUT2D eigenvalue weighted by Crippen LogP contribution is 2.12. The topological polar surface area (TPSA) is 41.1 Å². The van der Waals surface area contributed by atoms with Crippen LogP contribution in [0.5, 0.6) is 0 Å². The number of piperidine rings is 1. The normalized spacial score (nSPS) is 16.6. The maximum Gasteiger partial charge on any atom is 0.251 e. The van der Waals surface area contributed by atoms with Gasteiger partial charge >= 0.3 is 0 Å². The van der Waals surface area contributed by atoms with E-state index in [9.17, 15) is 9.18 Å². The van der Waals surface area contributed by atoms with Gasteiger partial charge in [-0.3, -0.25) is 4.79 Å². The monoisotopic (exact) mass is 250 g/mol. The molecule has 1 aliphatic rings. The number of carbonyl (C=O) groups excluding carboxylic acids is 1. The average molecular weight is 250 g/mol. The maximum absolute atomic E-state index is 13.3. The zero-order chi connectivity index (χ0) is 13.0. The Kier molecular flexibility index (Phi) is 4.31. The number of rotatable bonds is 3. The molecule has 1 amide bonds. The second kappa shape index (κ2) is 5.96. The van der Waals surface area contributed by atoms with Crippen LogP contribution in [-0.4, -0.2) is 25.5 Å². The first-order valence-corrected chi connectivity index (χ1v) is 6.42. The minimum Gasteiger partial charge on any atom is -0.352 e. The highest BCUT2D eigenvalue weighted by Gasteiger charge is 2.14. The minimum atomic E-state index is -0.329. The number of nitrogens with one attached hydrogen (secondary N) is 2. The molecule has 0 aliphatic carbocycles. The van der Waals surface area contributed by atoms with Crippen molar-refractivity contribution in [2.75, 3.05) is 19.6 Å². The van der Waals surface area contributed by atoms with E-state index in [1.54, 1.807) is 19.1 Å². The van der Waals surface area contributed by atoms with Gasteiger partial charge in [-0.25, -0.2) is 4.39 Å². The highest BCUT2D eigenvalue weighted by molar-refractivity contribution is 5.94. The van der Waals surface area contributed by atoms with Crippen LogP contribution in [0.1, 0.15) is 28.8 Å². The van der Waals surface area contributed by atoms with Crippen LogP contribution in [0.3, 0.4) is 0 Å². The number of amides is 1. The molecule has 0 bridgehead atoms. The van der Waals surface area contributed by atoms with Gasteiger partial charge in [-0.1, -0.05) is 6.07 Å². The SMILES string of the molecule is Cc1ccc(C(=O)NCC2CCNCC2)cc1F. The van der Waals surface area contributed by atoms with E-state index in [0.29, 0.717) is 23.6 Å². The average Bonchev–Trinajstić information content (AvgIpc) is 2.40. The summed E-state index contributed by atoms with van der Waals surface area (Å²) in [6, 6.07) is 4.60. The van der Waals surface area contributed by atoms with Gasteiger partial charge in [0.25, 0.3) is 5.91 Å². The molecule has 1 saturated heterocycles. The largest absolute Gasteiger partial charge is 0.352 e. The van der Waals surface area contributed by atoms with Gasteiger partial charge in [-0.05, 0) is 56.5 Å². The van der Waals surface area contributed by atoms with Crippen LogP contribution in [0, 0.1) is 18.7 Å². The molecule has 4 heteroatoms. The predicted octanol–water partition coefficient (Wildman–Crippen LogP) is 1.86. The van der Waals surface area contributed by atoms with Crippen molar-refractivity contribution < 1.29 is 9.18 Å². The van der Waals surface area contributed by atoms with Gasteiger partial charge in [0, 0.05) is 12.1 Å². The molecule has 0 aromatic heterocycles. The van der Waals surface area contributed by atoms with Crippen molar-refractivity contribution in [3.63, 3.8) is 0 Å². The molecule has 1 aromatic carbocycles. The van der Waals surface area contributed by atoms with Gasteiger partial charge < -0.3 is 10.6 Å². The van der Waals surface area contributed by atoms with E-state index in [1.807, 2.05) is 0 Å². The summed E-state index contributed by atoms with van der Waals surface area (Å²) in [5, 5.41) is 6.17. The van der Waals surface area contributed by atoms with Gasteiger partial charge in [0.05, 0.1) is 0 Å². The first-order valence-electron chi connectivity index (χ1n) is 6.42. The summed E-state index contributed by atoms with van der Waals surface area (Å²) in [6.45, 7) is 4.39. The van der Waals surface area contributed by atoms with E-state index in [4.69, 9.17) is 0 Å². The van der Waals surface area contributed by atoms with Gasteiger partial charge in [0.1, 0.15) is 5.82 Å². The minimum absolute atomic E-state index is 0.188. The molecule has 1 heterocycles. The second-order valence-corrected chi connectivity index (χ2v) is 4.87. The number of hydrogen-bond acceptors (Lipinski definition) is 2. The third kappa shape index (κ3) is 3.29. The van der Waals surface area contributed by atoms with Crippen molar-refractivity contribution in [2.45, 2.75) is 19.8 Å². The molecule has 0 atom stereocenters. The van der Waals surface area contributed by atoms with E-state index in [0.717, 1.165) is 25.9 Å². The van der Waals surface area contributed by atoms with Gasteiger partial charge in [0.2, 0.25) is 0 Å². The summed E-state index contributed by atoms with van der Waals surface area (Å²) >= 11 is 0. The summed E-state index contributed by atoms with van der Waals surface area (Å²) in [4.78, 5) is 11.9. The first-order chi connectivity index (χ1) is 8.66. The lowest BCUT2D eigenvalue weighted by Gasteiger charge is -2.22. The summed E-state index contributed by atoms with van der Waals surface area (Å²) in [7, 11) is 0. The fraction of sp³-hybridized carbons (Fsp3) is 0.500. The molecule has 0 radical (unpaired) electrons. The number of aryl methyl sites for hydroxylation is 1. The van der Waals surface area contributed by atoms with E-state index in [2.05, 4.69) is 10.6 Å². The van der Waals surface area contributed by atoms with Crippen LogP contribution in [0.25, 0.3) is 0 Å². The highest BCUT2D eigenvalue weighted by atomic mass is 19.1. The van der Waals surface area contributed by atoms with E-state index in [-0.39, 0.29) is 11.7 Å². The summed E-state index contributed by atoms with van der Waals surface area (Å²) in [5.41, 5.74) is 0.955. The Hall–Kier alpha value is -1.42. The molecular weight excluding hydrogens is 231 g/mol. The molecule has 1 fully saturated rings. The van der Waals surface area contributed by atoms with E-state index >= 15 is 0 Å². The Balaban J connectivity index is 1.88. The Labute approximate surface area is 107 Å². The molecule has 3 nitrogen and oxygen atoms in total. The molecular formula is C14H19FN2O. The Morgan fingerprint density at radius 2 is 2.17 bits per heavy atom. The lowest BCUT2D eigenvalue weighted by molar-refractivity contribution is 0.0943. The summed E-state index contributed by atoms with van der Waals surface area (Å²) in [5.74, 6) is 0.0162. The number of carbonyl (C=O) groups is 1. The van der Waals surface area contributed by atoms with Crippen molar-refractivity contribution >= 4 is 5.91 Å². The van der Waals surface area contributed by atoms with Crippen molar-refractivity contribution in [1.29, 1.82) is 0 Å². The van der Waals surface area contributed by atoms with Crippen molar-refractivity contribution in [3.05, 3.63) is 35.1 Å². The molecule has 1 aliphatic heterocycles. The quantitative estimate of drug-likeness (QED) is 0.859. The molecule has 1 aromatic rings. The number of benzene rings is 1. The van der Waals surface area contributed by atoms with Crippen molar-refractivity contribution in [3.8, 4) is 0 Å². The van der Waals surface area contributed by atoms with Crippen LogP contribution in [0.4, 0.5) is 4.39 Å². The predicted molar refractivity (Wildman–Crippen MR) is 69.1 cm³/mol. The fourth-order valence-corrected chi connectivity index (χ4v) is 2.16. The van der Waals surface area contributed by atoms with Crippen LogP contribution in [0.2, 0.25) is 0 Å². The smallest absolute Gasteiger partial charge is 0.251 e. The Bertz CT molecular complexity index is 428. The third-order valence-corrected chi connectivity index (χ3v) is 3.44. The second-order valence-electron chi connectivity index (χ2n) is 4.87. The molecule has 0 spiro atoms. The number of hydrogen-bond donors (Lipinski definition) is 2. The molecule has 2 rings (SSSR count). The maximum atomic E-state index is 13.3. The lowest BCUT2D eigenvalue weighted by atomic mass is 9.98. The molecule has 98 valence electrons. The van der Waals surface area contributed by atoms with E-state index < -0.39 is 0 Å². The summed E-state index contributed by atoms with van der Waals surface area (Å²) in [6.07, 6.45) is 2.17. The molecule has 0 saturated carbocycles. The third-order valence-electron chi connectivity index (χ3n) is 3.44. The molecule has 0 unspecified atom stereocenters. The first kappa shape index (κ1) is 13.0. The van der Waals surface area contributed by atoms with Gasteiger partial charge in [-0.2, -0.15) is 0 Å². The van der Waals surface area contributed by atoms with Crippen molar-refractivity contribution in [2.24, 2.45) is 5.92 Å². The summed E-state index contributed by atoms with van der Waals surface area (Å²) < 4.78 is 13.3. The Morgan fingerprint density at radius 3 is 2.83 bits per heavy atom. The van der Waals surface area contributed by atoms with Crippen LogP contribution in [0.15, 0.2) is 18.2 Å².